The lowest BCUT2D eigenvalue weighted by Crippen LogP contribution is -2.10. The lowest BCUT2D eigenvalue weighted by Gasteiger charge is -2.07. The number of para-hydroxylation sites is 1. The fourth-order valence-electron chi connectivity index (χ4n) is 1.90. The van der Waals surface area contributed by atoms with Crippen molar-refractivity contribution in [2.24, 2.45) is 5.84 Å². The first-order valence-corrected chi connectivity index (χ1v) is 6.50. The molecule has 1 aromatic carbocycles. The van der Waals surface area contributed by atoms with Crippen LogP contribution in [0.1, 0.15) is 5.56 Å². The quantitative estimate of drug-likeness (QED) is 0.546. The minimum absolute atomic E-state index is 0.654. The van der Waals surface area contributed by atoms with Crippen molar-refractivity contribution in [3.63, 3.8) is 0 Å². The molecule has 3 rings (SSSR count). The van der Waals surface area contributed by atoms with Gasteiger partial charge in [0.05, 0.1) is 5.52 Å². The van der Waals surface area contributed by atoms with Crippen LogP contribution in [-0.2, 0) is 0 Å². The molecule has 2 heterocycles. The highest BCUT2D eigenvalue weighted by atomic mass is 32.1. The van der Waals surface area contributed by atoms with Gasteiger partial charge in [0.1, 0.15) is 0 Å². The van der Waals surface area contributed by atoms with Crippen molar-refractivity contribution < 1.29 is 0 Å². The van der Waals surface area contributed by atoms with Crippen molar-refractivity contribution in [2.75, 3.05) is 5.43 Å². The molecular weight excluding hydrogens is 244 g/mol. The van der Waals surface area contributed by atoms with E-state index in [1.54, 1.807) is 11.3 Å². The largest absolute Gasteiger partial charge is 0.308 e. The summed E-state index contributed by atoms with van der Waals surface area (Å²) in [6, 6.07) is 7.82. The summed E-state index contributed by atoms with van der Waals surface area (Å²) in [5.41, 5.74) is 5.77. The molecule has 4 nitrogen and oxygen atoms in total. The molecule has 0 fully saturated rings. The van der Waals surface area contributed by atoms with Gasteiger partial charge >= 0.3 is 0 Å². The van der Waals surface area contributed by atoms with E-state index < -0.39 is 0 Å². The number of hydrazine groups is 1. The van der Waals surface area contributed by atoms with Crippen LogP contribution in [0.3, 0.4) is 0 Å². The first kappa shape index (κ1) is 11.1. The van der Waals surface area contributed by atoms with Gasteiger partial charge in [0.15, 0.2) is 11.6 Å². The summed E-state index contributed by atoms with van der Waals surface area (Å²) in [6.45, 7) is 2.06. The van der Waals surface area contributed by atoms with Gasteiger partial charge in [0.25, 0.3) is 0 Å². The van der Waals surface area contributed by atoms with E-state index in [1.165, 1.54) is 5.56 Å². The van der Waals surface area contributed by atoms with E-state index in [4.69, 9.17) is 5.84 Å². The molecule has 0 amide bonds. The monoisotopic (exact) mass is 256 g/mol. The van der Waals surface area contributed by atoms with Crippen LogP contribution in [0.2, 0.25) is 0 Å². The van der Waals surface area contributed by atoms with Gasteiger partial charge in [-0.3, -0.25) is 0 Å². The van der Waals surface area contributed by atoms with Gasteiger partial charge in [-0.2, -0.15) is 11.3 Å². The van der Waals surface area contributed by atoms with E-state index in [0.717, 1.165) is 16.5 Å². The van der Waals surface area contributed by atoms with Gasteiger partial charge in [0.2, 0.25) is 0 Å². The predicted molar refractivity (Wildman–Crippen MR) is 75.4 cm³/mol. The maximum absolute atomic E-state index is 5.54. The molecule has 0 saturated heterocycles. The number of aryl methyl sites for hydroxylation is 1. The Morgan fingerprint density at radius 1 is 1.17 bits per heavy atom. The van der Waals surface area contributed by atoms with Gasteiger partial charge in [0, 0.05) is 16.3 Å². The van der Waals surface area contributed by atoms with Gasteiger partial charge in [-0.05, 0) is 30.0 Å². The van der Waals surface area contributed by atoms with Crippen molar-refractivity contribution in [3.05, 3.63) is 40.6 Å². The van der Waals surface area contributed by atoms with Crippen molar-refractivity contribution in [1.82, 2.24) is 9.97 Å². The Morgan fingerprint density at radius 2 is 2.00 bits per heavy atom. The number of benzene rings is 1. The maximum Gasteiger partial charge on any atom is 0.163 e. The lowest BCUT2D eigenvalue weighted by atomic mass is 10.2. The zero-order chi connectivity index (χ0) is 12.5. The molecular formula is C13H12N4S. The highest BCUT2D eigenvalue weighted by Crippen LogP contribution is 2.28. The topological polar surface area (TPSA) is 63.8 Å². The summed E-state index contributed by atoms with van der Waals surface area (Å²) < 4.78 is 0. The average Bonchev–Trinajstić information content (AvgIpc) is 2.83. The highest BCUT2D eigenvalue weighted by molar-refractivity contribution is 7.08. The van der Waals surface area contributed by atoms with Crippen LogP contribution in [-0.4, -0.2) is 9.97 Å². The van der Waals surface area contributed by atoms with Crippen LogP contribution in [0.4, 0.5) is 5.82 Å². The Morgan fingerprint density at radius 3 is 2.72 bits per heavy atom. The number of nitrogens with zero attached hydrogens (tertiary/aromatic N) is 2. The summed E-state index contributed by atoms with van der Waals surface area (Å²) >= 11 is 1.65. The fraction of sp³-hybridized carbons (Fsp3) is 0.0769. The Hall–Kier alpha value is -1.98. The molecule has 0 bridgehead atoms. The van der Waals surface area contributed by atoms with Crippen LogP contribution < -0.4 is 11.3 Å². The van der Waals surface area contributed by atoms with Gasteiger partial charge < -0.3 is 5.43 Å². The number of anilines is 1. The van der Waals surface area contributed by atoms with Crippen LogP contribution in [0, 0.1) is 6.92 Å². The van der Waals surface area contributed by atoms with Gasteiger partial charge in [-0.25, -0.2) is 15.8 Å². The van der Waals surface area contributed by atoms with Crippen LogP contribution >= 0.6 is 11.3 Å². The summed E-state index contributed by atoms with van der Waals surface area (Å²) in [4.78, 5) is 9.07. The molecule has 0 aliphatic rings. The number of aromatic nitrogens is 2. The van der Waals surface area contributed by atoms with E-state index in [0.29, 0.717) is 11.6 Å². The molecule has 0 spiro atoms. The summed E-state index contributed by atoms with van der Waals surface area (Å²) in [5, 5.41) is 5.07. The molecule has 90 valence electrons. The van der Waals surface area contributed by atoms with E-state index in [1.807, 2.05) is 24.3 Å². The molecule has 0 atom stereocenters. The number of rotatable bonds is 2. The molecule has 0 saturated carbocycles. The Balaban J connectivity index is 2.29. The molecule has 18 heavy (non-hydrogen) atoms. The number of thiophene rings is 1. The maximum atomic E-state index is 5.54. The number of hydrogen-bond donors (Lipinski definition) is 2. The third-order valence-corrected chi connectivity index (χ3v) is 3.70. The van der Waals surface area contributed by atoms with Gasteiger partial charge in [-0.1, -0.05) is 12.1 Å². The zero-order valence-electron chi connectivity index (χ0n) is 9.84. The van der Waals surface area contributed by atoms with E-state index in [2.05, 4.69) is 33.1 Å². The number of nitrogen functional groups attached to an aromatic ring is 1. The first-order valence-electron chi connectivity index (χ1n) is 5.56. The third-order valence-electron chi connectivity index (χ3n) is 2.84. The lowest BCUT2D eigenvalue weighted by molar-refractivity contribution is 1.18. The average molecular weight is 256 g/mol. The summed E-state index contributed by atoms with van der Waals surface area (Å²) in [6.07, 6.45) is 0. The van der Waals surface area contributed by atoms with E-state index in [-0.39, 0.29) is 0 Å². The van der Waals surface area contributed by atoms with Crippen LogP contribution in [0.5, 0.6) is 0 Å². The zero-order valence-corrected chi connectivity index (χ0v) is 10.7. The molecule has 3 N–H and O–H groups in total. The molecule has 2 aromatic heterocycles. The number of hydrogen-bond acceptors (Lipinski definition) is 5. The van der Waals surface area contributed by atoms with Crippen molar-refractivity contribution in [1.29, 1.82) is 0 Å². The second-order valence-corrected chi connectivity index (χ2v) is 4.77. The van der Waals surface area contributed by atoms with E-state index >= 15 is 0 Å². The molecule has 3 aromatic rings. The second kappa shape index (κ2) is 4.36. The summed E-state index contributed by atoms with van der Waals surface area (Å²) in [5.74, 6) is 6.90. The minimum atomic E-state index is 0.654. The predicted octanol–water partition coefficient (Wildman–Crippen LogP) is 2.95. The number of fused-ring (bicyclic) bond motifs is 1. The smallest absolute Gasteiger partial charge is 0.163 e. The highest BCUT2D eigenvalue weighted by Gasteiger charge is 2.10. The standard InChI is InChI=1S/C13H12N4S/c1-8-6-18-7-10(8)12-15-11-5-3-2-4-9(11)13(16-12)17-14/h2-7H,14H2,1H3,(H,15,16,17). The Bertz CT molecular complexity index is 705. The molecule has 5 heteroatoms. The molecule has 0 aliphatic heterocycles. The number of nitrogens with two attached hydrogens (primary N) is 1. The molecule has 0 unspecified atom stereocenters. The normalized spacial score (nSPS) is 10.8. The third kappa shape index (κ3) is 1.73. The molecule has 0 aliphatic carbocycles. The molecule has 0 radical (unpaired) electrons. The second-order valence-electron chi connectivity index (χ2n) is 4.03. The Labute approximate surface area is 108 Å². The van der Waals surface area contributed by atoms with Crippen LogP contribution in [0.15, 0.2) is 35.0 Å². The number of nitrogens with one attached hydrogen (secondary N) is 1. The SMILES string of the molecule is Cc1cscc1-c1nc(NN)c2ccccc2n1. The Kier molecular flexibility index (Phi) is 2.70. The fourth-order valence-corrected chi connectivity index (χ4v) is 2.72. The van der Waals surface area contributed by atoms with Gasteiger partial charge in [-0.15, -0.1) is 0 Å². The van der Waals surface area contributed by atoms with Crippen molar-refractivity contribution in [3.8, 4) is 11.4 Å². The van der Waals surface area contributed by atoms with E-state index in [9.17, 15) is 0 Å². The first-order chi connectivity index (χ1) is 8.79. The summed E-state index contributed by atoms with van der Waals surface area (Å²) in [7, 11) is 0. The minimum Gasteiger partial charge on any atom is -0.308 e. The van der Waals surface area contributed by atoms with Crippen molar-refractivity contribution in [2.45, 2.75) is 6.92 Å². The van der Waals surface area contributed by atoms with Crippen LogP contribution in [0.25, 0.3) is 22.3 Å². The van der Waals surface area contributed by atoms with Crippen molar-refractivity contribution >= 4 is 28.1 Å².